The number of imidazole rings is 1. The minimum absolute atomic E-state index is 0.167. The summed E-state index contributed by atoms with van der Waals surface area (Å²) in [5, 5.41) is 16.9. The number of phenols is 1. The number of aromatic amines is 1. The van der Waals surface area contributed by atoms with E-state index in [1.807, 2.05) is 0 Å². The zero-order valence-electron chi connectivity index (χ0n) is 7.25. The topological polar surface area (TPSA) is 73.6 Å². The molecule has 0 aliphatic rings. The van der Waals surface area contributed by atoms with Crippen LogP contribution in [0.4, 0.5) is 11.6 Å². The van der Waals surface area contributed by atoms with Crippen LogP contribution in [-0.2, 0) is 0 Å². The summed E-state index contributed by atoms with van der Waals surface area (Å²) in [6.45, 7) is 0. The van der Waals surface area contributed by atoms with Gasteiger partial charge in [0.2, 0.25) is 5.95 Å². The summed E-state index contributed by atoms with van der Waals surface area (Å²) >= 11 is 0. The Morgan fingerprint density at radius 3 is 2.93 bits per heavy atom. The van der Waals surface area contributed by atoms with Gasteiger partial charge in [-0.25, -0.2) is 4.98 Å². The first-order valence-electron chi connectivity index (χ1n) is 4.05. The lowest BCUT2D eigenvalue weighted by Gasteiger charge is -1.91. The van der Waals surface area contributed by atoms with Crippen molar-refractivity contribution in [3.63, 3.8) is 0 Å². The first kappa shape index (κ1) is 8.43. The van der Waals surface area contributed by atoms with E-state index in [9.17, 15) is 0 Å². The van der Waals surface area contributed by atoms with Crippen LogP contribution in [0.25, 0.3) is 0 Å². The number of nitrogens with zero attached hydrogens (tertiary/aromatic N) is 3. The van der Waals surface area contributed by atoms with Gasteiger partial charge in [0.1, 0.15) is 5.75 Å². The Morgan fingerprint density at radius 1 is 1.29 bits per heavy atom. The maximum Gasteiger partial charge on any atom is 0.246 e. The highest BCUT2D eigenvalue weighted by Gasteiger charge is 1.92. The van der Waals surface area contributed by atoms with Gasteiger partial charge in [-0.2, -0.15) is 0 Å². The molecular weight excluding hydrogens is 180 g/mol. The van der Waals surface area contributed by atoms with Crippen molar-refractivity contribution in [2.45, 2.75) is 0 Å². The Morgan fingerprint density at radius 2 is 2.21 bits per heavy atom. The summed E-state index contributed by atoms with van der Waals surface area (Å²) in [4.78, 5) is 6.66. The van der Waals surface area contributed by atoms with E-state index in [0.717, 1.165) is 0 Å². The van der Waals surface area contributed by atoms with E-state index in [2.05, 4.69) is 20.2 Å². The van der Waals surface area contributed by atoms with Gasteiger partial charge in [0.05, 0.1) is 5.69 Å². The Bertz CT molecular complexity index is 436. The smallest absolute Gasteiger partial charge is 0.246 e. The zero-order chi connectivity index (χ0) is 9.80. The van der Waals surface area contributed by atoms with Crippen LogP contribution in [0.1, 0.15) is 0 Å². The third-order valence-corrected chi connectivity index (χ3v) is 1.57. The Kier molecular flexibility index (Phi) is 2.22. The number of benzene rings is 1. The van der Waals surface area contributed by atoms with Crippen molar-refractivity contribution in [3.05, 3.63) is 36.7 Å². The molecule has 0 amide bonds. The Labute approximate surface area is 80.2 Å². The van der Waals surface area contributed by atoms with E-state index in [4.69, 9.17) is 5.11 Å². The first-order chi connectivity index (χ1) is 6.84. The lowest BCUT2D eigenvalue weighted by atomic mass is 10.3. The summed E-state index contributed by atoms with van der Waals surface area (Å²) in [6.07, 6.45) is 3.26. The summed E-state index contributed by atoms with van der Waals surface area (Å²) in [5.41, 5.74) is 0.585. The number of H-pyrrole nitrogens is 1. The van der Waals surface area contributed by atoms with Crippen LogP contribution in [0.5, 0.6) is 5.75 Å². The van der Waals surface area contributed by atoms with E-state index in [0.29, 0.717) is 11.6 Å². The highest BCUT2D eigenvalue weighted by molar-refractivity contribution is 5.42. The third kappa shape index (κ3) is 1.95. The summed E-state index contributed by atoms with van der Waals surface area (Å²) in [6, 6.07) is 6.54. The van der Waals surface area contributed by atoms with Gasteiger partial charge in [-0.05, 0) is 12.1 Å². The second kappa shape index (κ2) is 3.69. The van der Waals surface area contributed by atoms with Gasteiger partial charge >= 0.3 is 0 Å². The molecule has 5 heteroatoms. The van der Waals surface area contributed by atoms with Crippen LogP contribution < -0.4 is 0 Å². The van der Waals surface area contributed by atoms with E-state index >= 15 is 0 Å². The molecule has 0 saturated carbocycles. The third-order valence-electron chi connectivity index (χ3n) is 1.57. The van der Waals surface area contributed by atoms with Crippen molar-refractivity contribution < 1.29 is 5.11 Å². The van der Waals surface area contributed by atoms with E-state index < -0.39 is 0 Å². The van der Waals surface area contributed by atoms with Gasteiger partial charge < -0.3 is 10.1 Å². The molecule has 1 aromatic heterocycles. The van der Waals surface area contributed by atoms with E-state index in [-0.39, 0.29) is 5.75 Å². The largest absolute Gasteiger partial charge is 0.508 e. The van der Waals surface area contributed by atoms with Crippen LogP contribution in [0.3, 0.4) is 0 Å². The van der Waals surface area contributed by atoms with E-state index in [1.165, 1.54) is 6.07 Å². The molecule has 2 rings (SSSR count). The van der Waals surface area contributed by atoms with Crippen molar-refractivity contribution in [1.82, 2.24) is 9.97 Å². The van der Waals surface area contributed by atoms with E-state index in [1.54, 1.807) is 30.6 Å². The molecule has 0 fully saturated rings. The minimum atomic E-state index is 0.167. The predicted octanol–water partition coefficient (Wildman–Crippen LogP) is 2.53. The van der Waals surface area contributed by atoms with Gasteiger partial charge in [-0.15, -0.1) is 10.2 Å². The van der Waals surface area contributed by atoms with Crippen molar-refractivity contribution in [2.24, 2.45) is 10.2 Å². The molecule has 0 aliphatic heterocycles. The molecule has 0 spiro atoms. The average Bonchev–Trinajstić information content (AvgIpc) is 2.67. The predicted molar refractivity (Wildman–Crippen MR) is 50.9 cm³/mol. The fraction of sp³-hybridized carbons (Fsp3) is 0. The number of phenolic OH excluding ortho intramolecular Hbond substituents is 1. The monoisotopic (exact) mass is 188 g/mol. The van der Waals surface area contributed by atoms with Crippen molar-refractivity contribution in [2.75, 3.05) is 0 Å². The molecule has 5 nitrogen and oxygen atoms in total. The molecule has 2 N–H and O–H groups in total. The second-order valence-electron chi connectivity index (χ2n) is 2.63. The molecular formula is C9H8N4O. The first-order valence-corrected chi connectivity index (χ1v) is 4.05. The van der Waals surface area contributed by atoms with Crippen LogP contribution >= 0.6 is 0 Å². The molecule has 0 saturated heterocycles. The molecule has 1 aromatic carbocycles. The van der Waals surface area contributed by atoms with Gasteiger partial charge in [0.25, 0.3) is 0 Å². The maximum atomic E-state index is 9.15. The summed E-state index contributed by atoms with van der Waals surface area (Å²) in [7, 11) is 0. The normalized spacial score (nSPS) is 10.9. The number of nitrogens with one attached hydrogen (secondary N) is 1. The highest BCUT2D eigenvalue weighted by atomic mass is 16.3. The van der Waals surface area contributed by atoms with Crippen molar-refractivity contribution in [3.8, 4) is 5.75 Å². The quantitative estimate of drug-likeness (QED) is 0.710. The number of aromatic nitrogens is 2. The highest BCUT2D eigenvalue weighted by Crippen LogP contribution is 2.19. The fourth-order valence-corrected chi connectivity index (χ4v) is 0.972. The molecule has 2 aromatic rings. The number of hydrogen-bond acceptors (Lipinski definition) is 4. The van der Waals surface area contributed by atoms with Crippen LogP contribution in [-0.4, -0.2) is 15.1 Å². The van der Waals surface area contributed by atoms with Crippen molar-refractivity contribution >= 4 is 11.6 Å². The Hall–Kier alpha value is -2.17. The van der Waals surface area contributed by atoms with Gasteiger partial charge in [0, 0.05) is 18.5 Å². The van der Waals surface area contributed by atoms with Crippen LogP contribution in [0, 0.1) is 0 Å². The SMILES string of the molecule is Oc1cccc(N=Nc2ncc[nH]2)c1. The summed E-state index contributed by atoms with van der Waals surface area (Å²) < 4.78 is 0. The molecule has 0 unspecified atom stereocenters. The standard InChI is InChI=1S/C9H8N4O/c14-8-3-1-2-7(6-8)12-13-9-10-4-5-11-9/h1-6,14H,(H,10,11). The fourth-order valence-electron chi connectivity index (χ4n) is 0.972. The second-order valence-corrected chi connectivity index (χ2v) is 2.63. The number of aromatic hydroxyl groups is 1. The molecule has 0 radical (unpaired) electrons. The van der Waals surface area contributed by atoms with Crippen molar-refractivity contribution in [1.29, 1.82) is 0 Å². The molecule has 1 heterocycles. The number of azo groups is 1. The summed E-state index contributed by atoms with van der Waals surface area (Å²) in [5.74, 6) is 0.606. The average molecular weight is 188 g/mol. The number of hydrogen-bond donors (Lipinski definition) is 2. The van der Waals surface area contributed by atoms with Gasteiger partial charge in [-0.3, -0.25) is 0 Å². The molecule has 0 bridgehead atoms. The minimum Gasteiger partial charge on any atom is -0.508 e. The van der Waals surface area contributed by atoms with Gasteiger partial charge in [-0.1, -0.05) is 6.07 Å². The zero-order valence-corrected chi connectivity index (χ0v) is 7.25. The Balaban J connectivity index is 2.18. The van der Waals surface area contributed by atoms with Crippen LogP contribution in [0.15, 0.2) is 46.9 Å². The number of rotatable bonds is 2. The lowest BCUT2D eigenvalue weighted by molar-refractivity contribution is 0.475. The maximum absolute atomic E-state index is 9.15. The lowest BCUT2D eigenvalue weighted by Crippen LogP contribution is -1.66. The van der Waals surface area contributed by atoms with Crippen LogP contribution in [0.2, 0.25) is 0 Å². The molecule has 70 valence electrons. The van der Waals surface area contributed by atoms with Gasteiger partial charge in [0.15, 0.2) is 0 Å². The molecule has 0 atom stereocenters. The molecule has 14 heavy (non-hydrogen) atoms. The molecule has 0 aliphatic carbocycles.